The summed E-state index contributed by atoms with van der Waals surface area (Å²) in [6.45, 7) is 3.94. The van der Waals surface area contributed by atoms with Crippen LogP contribution in [0.15, 0.2) is 146 Å². The SMILES string of the molecule is C=CCc1ccc2sc3c(-c4cccc5c4sc4c(-c6nc(-c7ccccc7)nc(-c7ccccc7)n6)cccc45)cccc3c2c1. The number of thiophene rings is 2. The summed E-state index contributed by atoms with van der Waals surface area (Å²) < 4.78 is 5.08. The molecule has 5 heteroatoms. The molecule has 0 atom stereocenters. The predicted octanol–water partition coefficient (Wildman–Crippen LogP) is 12.0. The van der Waals surface area contributed by atoms with Gasteiger partial charge < -0.3 is 0 Å². The Bertz CT molecular complexity index is 2560. The van der Waals surface area contributed by atoms with Crippen LogP contribution in [0.25, 0.3) is 85.6 Å². The van der Waals surface area contributed by atoms with Crippen LogP contribution in [0.1, 0.15) is 5.56 Å². The van der Waals surface area contributed by atoms with Crippen LogP contribution in [-0.2, 0) is 6.42 Å². The van der Waals surface area contributed by atoms with E-state index in [4.69, 9.17) is 15.0 Å². The summed E-state index contributed by atoms with van der Waals surface area (Å²) in [5.74, 6) is 2.01. The van der Waals surface area contributed by atoms with Gasteiger partial charge in [-0.1, -0.05) is 121 Å². The molecule has 0 N–H and O–H groups in total. The molecule has 3 heterocycles. The maximum Gasteiger partial charge on any atom is 0.165 e. The summed E-state index contributed by atoms with van der Waals surface area (Å²) in [7, 11) is 0. The molecule has 0 aliphatic heterocycles. The second-order valence-corrected chi connectivity index (χ2v) is 13.7. The zero-order chi connectivity index (χ0) is 31.3. The number of rotatable bonds is 6. The number of allylic oxidation sites excluding steroid dienone is 1. The van der Waals surface area contributed by atoms with Crippen molar-refractivity contribution in [3.63, 3.8) is 0 Å². The van der Waals surface area contributed by atoms with E-state index >= 15 is 0 Å². The molecule has 9 aromatic rings. The molecule has 47 heavy (non-hydrogen) atoms. The molecular formula is C42H27N3S2. The van der Waals surface area contributed by atoms with E-state index in [1.165, 1.54) is 57.0 Å². The highest BCUT2D eigenvalue weighted by Crippen LogP contribution is 2.47. The monoisotopic (exact) mass is 637 g/mol. The van der Waals surface area contributed by atoms with Gasteiger partial charge in [-0.15, -0.1) is 29.3 Å². The molecule has 0 spiro atoms. The maximum atomic E-state index is 5.07. The van der Waals surface area contributed by atoms with Crippen molar-refractivity contribution in [2.75, 3.05) is 0 Å². The first kappa shape index (κ1) is 27.8. The van der Waals surface area contributed by atoms with E-state index in [9.17, 15) is 0 Å². The van der Waals surface area contributed by atoms with Gasteiger partial charge in [0.2, 0.25) is 0 Å². The lowest BCUT2D eigenvalue weighted by atomic mass is 9.99. The van der Waals surface area contributed by atoms with Crippen LogP contribution in [-0.4, -0.2) is 15.0 Å². The molecule has 6 aromatic carbocycles. The third-order valence-electron chi connectivity index (χ3n) is 8.70. The van der Waals surface area contributed by atoms with Gasteiger partial charge in [0.15, 0.2) is 17.5 Å². The van der Waals surface area contributed by atoms with Gasteiger partial charge >= 0.3 is 0 Å². The van der Waals surface area contributed by atoms with Crippen LogP contribution < -0.4 is 0 Å². The van der Waals surface area contributed by atoms with E-state index in [1.807, 2.05) is 65.1 Å². The zero-order valence-electron chi connectivity index (χ0n) is 25.4. The molecular weight excluding hydrogens is 611 g/mol. The van der Waals surface area contributed by atoms with Crippen molar-refractivity contribution in [1.29, 1.82) is 0 Å². The van der Waals surface area contributed by atoms with Gasteiger partial charge in [-0.2, -0.15) is 0 Å². The fourth-order valence-corrected chi connectivity index (χ4v) is 9.04. The first-order valence-electron chi connectivity index (χ1n) is 15.6. The number of benzene rings is 6. The van der Waals surface area contributed by atoms with Crippen LogP contribution in [0.4, 0.5) is 0 Å². The average Bonchev–Trinajstić information content (AvgIpc) is 3.71. The summed E-state index contributed by atoms with van der Waals surface area (Å²) in [6.07, 6.45) is 2.84. The normalized spacial score (nSPS) is 11.6. The largest absolute Gasteiger partial charge is 0.208 e. The van der Waals surface area contributed by atoms with E-state index in [0.29, 0.717) is 17.5 Å². The average molecular weight is 638 g/mol. The Morgan fingerprint density at radius 2 is 0.979 bits per heavy atom. The Morgan fingerprint density at radius 3 is 1.57 bits per heavy atom. The van der Waals surface area contributed by atoms with Crippen molar-refractivity contribution in [3.05, 3.63) is 152 Å². The van der Waals surface area contributed by atoms with Crippen LogP contribution in [0.3, 0.4) is 0 Å². The third kappa shape index (κ3) is 4.75. The van der Waals surface area contributed by atoms with E-state index < -0.39 is 0 Å². The van der Waals surface area contributed by atoms with Gasteiger partial charge in [0.1, 0.15) is 0 Å². The molecule has 3 nitrogen and oxygen atoms in total. The minimum absolute atomic E-state index is 0.668. The topological polar surface area (TPSA) is 38.7 Å². The lowest BCUT2D eigenvalue weighted by molar-refractivity contribution is 1.08. The van der Waals surface area contributed by atoms with Crippen molar-refractivity contribution in [3.8, 4) is 45.3 Å². The standard InChI is InChI=1S/C42H27N3S2/c1-2-12-26-23-24-36-35(25-26)33-21-10-17-29(37(33)46-36)30-18-9-19-31-32-20-11-22-34(39(32)47-38(30)31)42-44-40(27-13-5-3-6-14-27)43-41(45-42)28-15-7-4-8-16-28/h2-11,13-25H,1,12H2. The molecule has 222 valence electrons. The Hall–Kier alpha value is -5.49. The summed E-state index contributed by atoms with van der Waals surface area (Å²) in [5, 5.41) is 5.08. The van der Waals surface area contributed by atoms with Gasteiger partial charge in [0, 0.05) is 68.2 Å². The van der Waals surface area contributed by atoms with Crippen molar-refractivity contribution in [2.45, 2.75) is 6.42 Å². The molecule has 0 saturated carbocycles. The fraction of sp³-hybridized carbons (Fsp3) is 0.0238. The number of fused-ring (bicyclic) bond motifs is 6. The number of aromatic nitrogens is 3. The predicted molar refractivity (Wildman–Crippen MR) is 201 cm³/mol. The Kier molecular flexibility index (Phi) is 6.74. The summed E-state index contributed by atoms with van der Waals surface area (Å²) in [4.78, 5) is 15.0. The van der Waals surface area contributed by atoms with Crippen LogP contribution in [0, 0.1) is 0 Å². The Balaban J connectivity index is 1.26. The van der Waals surface area contributed by atoms with Gasteiger partial charge in [0.05, 0.1) is 0 Å². The minimum atomic E-state index is 0.668. The molecule has 0 fully saturated rings. The summed E-state index contributed by atoms with van der Waals surface area (Å²) >= 11 is 3.70. The van der Waals surface area contributed by atoms with E-state index in [1.54, 1.807) is 0 Å². The second kappa shape index (κ2) is 11.4. The van der Waals surface area contributed by atoms with Crippen molar-refractivity contribution < 1.29 is 0 Å². The van der Waals surface area contributed by atoms with Crippen molar-refractivity contribution in [1.82, 2.24) is 15.0 Å². The summed E-state index contributed by atoms with van der Waals surface area (Å²) in [6, 6.07) is 47.0. The lowest BCUT2D eigenvalue weighted by Gasteiger charge is -2.09. The molecule has 0 aliphatic carbocycles. The molecule has 0 radical (unpaired) electrons. The highest BCUT2D eigenvalue weighted by Gasteiger charge is 2.19. The van der Waals surface area contributed by atoms with Crippen molar-refractivity contribution >= 4 is 63.0 Å². The molecule has 9 rings (SSSR count). The molecule has 0 saturated heterocycles. The van der Waals surface area contributed by atoms with Crippen LogP contribution in [0.5, 0.6) is 0 Å². The number of hydrogen-bond acceptors (Lipinski definition) is 5. The van der Waals surface area contributed by atoms with Gasteiger partial charge in [0.25, 0.3) is 0 Å². The quantitative estimate of drug-likeness (QED) is 0.170. The van der Waals surface area contributed by atoms with Crippen LogP contribution >= 0.6 is 22.7 Å². The third-order valence-corrected chi connectivity index (χ3v) is 11.2. The second-order valence-electron chi connectivity index (χ2n) is 11.6. The van der Waals surface area contributed by atoms with E-state index in [-0.39, 0.29) is 0 Å². The minimum Gasteiger partial charge on any atom is -0.208 e. The molecule has 0 unspecified atom stereocenters. The lowest BCUT2D eigenvalue weighted by Crippen LogP contribution is -2.00. The maximum absolute atomic E-state index is 5.07. The molecule has 0 bridgehead atoms. The Morgan fingerprint density at radius 1 is 0.468 bits per heavy atom. The zero-order valence-corrected chi connectivity index (χ0v) is 27.0. The van der Waals surface area contributed by atoms with E-state index in [2.05, 4.69) is 104 Å². The smallest absolute Gasteiger partial charge is 0.165 e. The highest BCUT2D eigenvalue weighted by molar-refractivity contribution is 7.27. The molecule has 3 aromatic heterocycles. The van der Waals surface area contributed by atoms with Gasteiger partial charge in [-0.05, 0) is 30.2 Å². The fourth-order valence-electron chi connectivity index (χ4n) is 6.49. The number of hydrogen-bond donors (Lipinski definition) is 0. The number of nitrogens with zero attached hydrogens (tertiary/aromatic N) is 3. The van der Waals surface area contributed by atoms with Crippen molar-refractivity contribution in [2.24, 2.45) is 0 Å². The van der Waals surface area contributed by atoms with Crippen LogP contribution in [0.2, 0.25) is 0 Å². The molecule has 0 aliphatic rings. The first-order chi connectivity index (χ1) is 23.2. The van der Waals surface area contributed by atoms with E-state index in [0.717, 1.165) is 23.1 Å². The summed E-state index contributed by atoms with van der Waals surface area (Å²) in [5.41, 5.74) is 6.76. The first-order valence-corrected chi connectivity index (χ1v) is 17.3. The van der Waals surface area contributed by atoms with Gasteiger partial charge in [-0.25, -0.2) is 15.0 Å². The molecule has 0 amide bonds. The Labute approximate surface area is 280 Å². The van der Waals surface area contributed by atoms with Gasteiger partial charge in [-0.3, -0.25) is 0 Å². The highest BCUT2D eigenvalue weighted by atomic mass is 32.1.